The number of allylic oxidation sites excluding steroid dienone is 3. The first kappa shape index (κ1) is 28.0. The predicted molar refractivity (Wildman–Crippen MR) is 162 cm³/mol. The molecule has 0 amide bonds. The van der Waals surface area contributed by atoms with Gasteiger partial charge in [0.15, 0.2) is 5.78 Å². The van der Waals surface area contributed by atoms with Gasteiger partial charge in [0, 0.05) is 23.4 Å². The molecule has 5 rings (SSSR count). The Balaban J connectivity index is 1.63. The predicted octanol–water partition coefficient (Wildman–Crippen LogP) is 7.14. The molecule has 0 saturated carbocycles. The number of methoxy groups -OCH3 is 1. The van der Waals surface area contributed by atoms with Gasteiger partial charge in [-0.1, -0.05) is 49.2 Å². The molecule has 1 atom stereocenters. The van der Waals surface area contributed by atoms with Gasteiger partial charge in [0.2, 0.25) is 0 Å². The molecular weight excluding hydrogens is 510 g/mol. The van der Waals surface area contributed by atoms with Gasteiger partial charge < -0.3 is 15.2 Å². The fourth-order valence-corrected chi connectivity index (χ4v) is 6.06. The van der Waals surface area contributed by atoms with Gasteiger partial charge in [0.1, 0.15) is 23.9 Å². The van der Waals surface area contributed by atoms with E-state index >= 15 is 0 Å². The summed E-state index contributed by atoms with van der Waals surface area (Å²) in [7, 11) is 1.63. The Bertz CT molecular complexity index is 1610. The topological polar surface area (TPSA) is 88.6 Å². The summed E-state index contributed by atoms with van der Waals surface area (Å²) in [5.74, 6) is 1.40. The Labute approximate surface area is 242 Å². The van der Waals surface area contributed by atoms with Gasteiger partial charge in [-0.25, -0.2) is 0 Å². The van der Waals surface area contributed by atoms with Gasteiger partial charge in [0.25, 0.3) is 0 Å². The Morgan fingerprint density at radius 3 is 2.27 bits per heavy atom. The number of aryl methyl sites for hydroxylation is 2. The van der Waals surface area contributed by atoms with E-state index in [4.69, 9.17) is 15.2 Å². The van der Waals surface area contributed by atoms with Gasteiger partial charge in [0.05, 0.1) is 24.7 Å². The highest BCUT2D eigenvalue weighted by Gasteiger charge is 2.45. The van der Waals surface area contributed by atoms with Gasteiger partial charge in [-0.15, -0.1) is 0 Å². The van der Waals surface area contributed by atoms with Crippen LogP contribution in [0.25, 0.3) is 0 Å². The summed E-state index contributed by atoms with van der Waals surface area (Å²) in [6.45, 7) is 10.7. The number of nitriles is 1. The van der Waals surface area contributed by atoms with E-state index in [1.165, 1.54) is 0 Å². The minimum Gasteiger partial charge on any atom is -0.497 e. The van der Waals surface area contributed by atoms with Crippen LogP contribution >= 0.6 is 0 Å². The van der Waals surface area contributed by atoms with Crippen LogP contribution in [-0.4, -0.2) is 12.9 Å². The van der Waals surface area contributed by atoms with Gasteiger partial charge in [-0.2, -0.15) is 5.26 Å². The first-order valence-corrected chi connectivity index (χ1v) is 13.9. The maximum absolute atomic E-state index is 14.0. The molecule has 2 aliphatic rings. The monoisotopic (exact) mass is 547 g/mol. The highest BCUT2D eigenvalue weighted by Crippen LogP contribution is 2.51. The maximum atomic E-state index is 14.0. The van der Waals surface area contributed by atoms with E-state index in [2.05, 4.69) is 32.0 Å². The van der Waals surface area contributed by atoms with Gasteiger partial charge in [-0.3, -0.25) is 9.69 Å². The van der Waals surface area contributed by atoms with Crippen LogP contribution in [-0.2, 0) is 11.4 Å². The molecule has 1 heterocycles. The SMILES string of the molecule is COc1ccc(OCc2cc(C)cc(C3C(C#N)=C(N)N(c4ccc(C)cc4)C4=C3C(=O)CC(C)(C)C4)c2C)cc1. The van der Waals surface area contributed by atoms with Crippen LogP contribution in [0.4, 0.5) is 5.69 Å². The van der Waals surface area contributed by atoms with Crippen LogP contribution in [0.2, 0.25) is 0 Å². The average Bonchev–Trinajstić information content (AvgIpc) is 2.93. The zero-order valence-electron chi connectivity index (χ0n) is 24.7. The third-order valence-electron chi connectivity index (χ3n) is 8.14. The van der Waals surface area contributed by atoms with Crippen molar-refractivity contribution in [3.63, 3.8) is 0 Å². The number of Topliss-reactive ketones (excluding diaryl/α,β-unsaturated/α-hetero) is 1. The van der Waals surface area contributed by atoms with E-state index in [0.29, 0.717) is 36.4 Å². The first-order valence-electron chi connectivity index (χ1n) is 13.9. The van der Waals surface area contributed by atoms with E-state index in [9.17, 15) is 10.1 Å². The number of benzene rings is 3. The van der Waals surface area contributed by atoms with Gasteiger partial charge in [-0.05, 0) is 85.7 Å². The fraction of sp³-hybridized carbons (Fsp3) is 0.314. The van der Waals surface area contributed by atoms with E-state index in [-0.39, 0.29) is 11.2 Å². The van der Waals surface area contributed by atoms with Crippen molar-refractivity contribution in [2.75, 3.05) is 12.0 Å². The van der Waals surface area contributed by atoms with E-state index < -0.39 is 5.92 Å². The minimum atomic E-state index is -0.542. The summed E-state index contributed by atoms with van der Waals surface area (Å²) in [6.07, 6.45) is 1.09. The van der Waals surface area contributed by atoms with Crippen LogP contribution in [0.15, 0.2) is 83.3 Å². The Morgan fingerprint density at radius 2 is 1.63 bits per heavy atom. The maximum Gasteiger partial charge on any atom is 0.162 e. The Kier molecular flexibility index (Phi) is 7.40. The lowest BCUT2D eigenvalue weighted by Gasteiger charge is -2.44. The number of rotatable bonds is 6. The molecule has 0 radical (unpaired) electrons. The summed E-state index contributed by atoms with van der Waals surface area (Å²) in [5.41, 5.74) is 14.5. The lowest BCUT2D eigenvalue weighted by molar-refractivity contribution is -0.118. The number of carbonyl (C=O) groups is 1. The molecular formula is C35H37N3O3. The number of ketones is 1. The normalized spacial score (nSPS) is 18.2. The molecule has 1 unspecified atom stereocenters. The fourth-order valence-electron chi connectivity index (χ4n) is 6.06. The lowest BCUT2D eigenvalue weighted by Crippen LogP contribution is -2.42. The smallest absolute Gasteiger partial charge is 0.162 e. The summed E-state index contributed by atoms with van der Waals surface area (Å²) < 4.78 is 11.4. The van der Waals surface area contributed by atoms with Crippen LogP contribution in [0.1, 0.15) is 60.4 Å². The molecule has 210 valence electrons. The molecule has 2 N–H and O–H groups in total. The number of hydrogen-bond donors (Lipinski definition) is 1. The van der Waals surface area contributed by atoms with Crippen molar-refractivity contribution in [3.05, 3.63) is 111 Å². The number of anilines is 1. The van der Waals surface area contributed by atoms with Crippen LogP contribution < -0.4 is 20.1 Å². The van der Waals surface area contributed by atoms with E-state index in [1.807, 2.05) is 74.2 Å². The zero-order valence-corrected chi connectivity index (χ0v) is 24.7. The number of hydrogen-bond acceptors (Lipinski definition) is 6. The molecule has 1 aliphatic heterocycles. The minimum absolute atomic E-state index is 0.0653. The highest BCUT2D eigenvalue weighted by atomic mass is 16.5. The van der Waals surface area contributed by atoms with Crippen molar-refractivity contribution >= 4 is 11.5 Å². The van der Waals surface area contributed by atoms with E-state index in [0.717, 1.165) is 50.7 Å². The molecule has 6 nitrogen and oxygen atoms in total. The van der Waals surface area contributed by atoms with Crippen molar-refractivity contribution in [2.24, 2.45) is 11.1 Å². The Hall–Kier alpha value is -4.50. The summed E-state index contributed by atoms with van der Waals surface area (Å²) in [4.78, 5) is 15.9. The number of nitrogens with zero attached hydrogens (tertiary/aromatic N) is 2. The average molecular weight is 548 g/mol. The van der Waals surface area contributed by atoms with Crippen molar-refractivity contribution in [1.29, 1.82) is 5.26 Å². The third-order valence-corrected chi connectivity index (χ3v) is 8.14. The molecule has 0 saturated heterocycles. The zero-order chi connectivity index (χ0) is 29.5. The summed E-state index contributed by atoms with van der Waals surface area (Å²) in [6, 6.07) is 22.1. The van der Waals surface area contributed by atoms with E-state index in [1.54, 1.807) is 7.11 Å². The van der Waals surface area contributed by atoms with Crippen molar-refractivity contribution < 1.29 is 14.3 Å². The number of nitrogens with two attached hydrogens (primary N) is 1. The number of carbonyl (C=O) groups excluding carboxylic acids is 1. The van der Waals surface area contributed by atoms with Gasteiger partial charge >= 0.3 is 0 Å². The van der Waals surface area contributed by atoms with Crippen molar-refractivity contribution in [1.82, 2.24) is 0 Å². The molecule has 0 bridgehead atoms. The highest BCUT2D eigenvalue weighted by molar-refractivity contribution is 6.01. The van der Waals surface area contributed by atoms with Crippen molar-refractivity contribution in [3.8, 4) is 17.6 Å². The lowest BCUT2D eigenvalue weighted by atomic mass is 9.68. The second kappa shape index (κ2) is 10.8. The molecule has 3 aromatic rings. The van der Waals surface area contributed by atoms with Crippen LogP contribution in [0.5, 0.6) is 11.5 Å². The second-order valence-electron chi connectivity index (χ2n) is 11.9. The third kappa shape index (κ3) is 5.32. The summed E-state index contributed by atoms with van der Waals surface area (Å²) >= 11 is 0. The molecule has 1 aliphatic carbocycles. The van der Waals surface area contributed by atoms with Crippen molar-refractivity contribution in [2.45, 2.75) is 60.0 Å². The molecule has 0 aromatic heterocycles. The molecule has 6 heteroatoms. The largest absolute Gasteiger partial charge is 0.497 e. The molecule has 0 fully saturated rings. The second-order valence-corrected chi connectivity index (χ2v) is 11.9. The van der Waals surface area contributed by atoms with Crippen LogP contribution in [0.3, 0.4) is 0 Å². The standard InChI is InChI=1S/C35H37N3O3/c1-21-7-9-25(10-8-21)38-30-17-35(4,5)18-31(39)33(30)32(29(19-36)34(38)37)28-16-22(2)15-24(23(28)3)20-41-27-13-11-26(40-6)12-14-27/h7-16,32H,17-18,20,37H2,1-6H3. The molecule has 3 aromatic carbocycles. The van der Waals surface area contributed by atoms with Crippen LogP contribution in [0, 0.1) is 37.5 Å². The quantitative estimate of drug-likeness (QED) is 0.353. The first-order chi connectivity index (χ1) is 19.5. The summed E-state index contributed by atoms with van der Waals surface area (Å²) in [5, 5.41) is 10.5. The number of ether oxygens (including phenoxy) is 2. The Morgan fingerprint density at radius 1 is 0.976 bits per heavy atom. The molecule has 0 spiro atoms. The molecule has 41 heavy (non-hydrogen) atoms.